The van der Waals surface area contributed by atoms with E-state index in [1.807, 2.05) is 0 Å². The zero-order valence-corrected chi connectivity index (χ0v) is 16.5. The highest BCUT2D eigenvalue weighted by Gasteiger charge is 2.57. The predicted molar refractivity (Wildman–Crippen MR) is 95.0 cm³/mol. The number of anilines is 1. The molecule has 1 aromatic carbocycles. The number of hydrogen-bond donors (Lipinski definition) is 2. The molecule has 2 N–H and O–H groups in total. The minimum Gasteiger partial charge on any atom is -0.486 e. The Bertz CT molecular complexity index is 876. The lowest BCUT2D eigenvalue weighted by molar-refractivity contribution is -0.278. The third-order valence-corrected chi connectivity index (χ3v) is 4.64. The van der Waals surface area contributed by atoms with Crippen molar-refractivity contribution < 1.29 is 45.5 Å². The summed E-state index contributed by atoms with van der Waals surface area (Å²) in [7, 11) is 1.30. The maximum absolute atomic E-state index is 13.5. The van der Waals surface area contributed by atoms with Gasteiger partial charge in [-0.15, -0.1) is 0 Å². The van der Waals surface area contributed by atoms with Gasteiger partial charge in [0, 0.05) is 13.1 Å². The molecule has 0 saturated heterocycles. The van der Waals surface area contributed by atoms with Crippen molar-refractivity contribution in [2.45, 2.75) is 38.1 Å². The predicted octanol–water partition coefficient (Wildman–Crippen LogP) is 2.00. The van der Waals surface area contributed by atoms with Crippen LogP contribution in [0.3, 0.4) is 0 Å². The first-order valence-corrected chi connectivity index (χ1v) is 8.92. The van der Waals surface area contributed by atoms with E-state index in [2.05, 4.69) is 5.32 Å². The Morgan fingerprint density at radius 2 is 1.81 bits per heavy atom. The third-order valence-electron chi connectivity index (χ3n) is 4.64. The molecule has 0 fully saturated rings. The molecule has 1 aliphatic heterocycles. The lowest BCUT2D eigenvalue weighted by atomic mass is 10.1. The number of ether oxygens (including phenoxy) is 1. The number of hydrogen-bond acceptors (Lipinski definition) is 4. The first kappa shape index (κ1) is 24.3. The average Bonchev–Trinajstić information content (AvgIpc) is 2.75. The lowest BCUT2D eigenvalue weighted by Gasteiger charge is -2.25. The van der Waals surface area contributed by atoms with E-state index in [4.69, 9.17) is 4.74 Å². The monoisotopic (exact) mass is 455 g/mol. The average molecular weight is 455 g/mol. The molecule has 31 heavy (non-hydrogen) atoms. The second kappa shape index (κ2) is 8.63. The zero-order valence-electron chi connectivity index (χ0n) is 16.5. The van der Waals surface area contributed by atoms with Crippen molar-refractivity contribution in [3.05, 3.63) is 24.0 Å². The molecule has 7 nitrogen and oxygen atoms in total. The maximum atomic E-state index is 13.5. The Morgan fingerprint density at radius 1 is 1.19 bits per heavy atom. The minimum absolute atomic E-state index is 0.0915. The summed E-state index contributed by atoms with van der Waals surface area (Å²) in [5.41, 5.74) is 0.0915. The van der Waals surface area contributed by atoms with Crippen LogP contribution in [-0.2, 0) is 14.4 Å². The van der Waals surface area contributed by atoms with Gasteiger partial charge in [0.15, 0.2) is 0 Å². The Kier molecular flexibility index (Phi) is 6.76. The Morgan fingerprint density at radius 3 is 2.39 bits per heavy atom. The van der Waals surface area contributed by atoms with E-state index in [1.165, 1.54) is 25.4 Å². The van der Waals surface area contributed by atoms with Crippen molar-refractivity contribution in [2.75, 3.05) is 18.5 Å². The fourth-order valence-electron chi connectivity index (χ4n) is 2.68. The highest BCUT2D eigenvalue weighted by molar-refractivity contribution is 6.04. The fraction of sp³-hybridized carbons (Fsp3) is 0.500. The molecule has 0 radical (unpaired) electrons. The summed E-state index contributed by atoms with van der Waals surface area (Å²) in [4.78, 5) is 38.0. The highest BCUT2D eigenvalue weighted by Crippen LogP contribution is 2.35. The minimum atomic E-state index is -5.87. The van der Waals surface area contributed by atoms with Crippen molar-refractivity contribution in [1.82, 2.24) is 10.6 Å². The number of rotatable bonds is 5. The number of carbonyl (C=O) groups excluding carboxylic acids is 3. The summed E-state index contributed by atoms with van der Waals surface area (Å²) in [5.74, 6) is -10.6. The summed E-state index contributed by atoms with van der Waals surface area (Å²) >= 11 is 0. The number of nitrogens with zero attached hydrogens (tertiary/aromatic N) is 1. The van der Waals surface area contributed by atoms with Crippen LogP contribution in [0.2, 0.25) is 0 Å². The van der Waals surface area contributed by atoms with Crippen LogP contribution in [0.5, 0.6) is 5.75 Å². The number of likely N-dealkylation sites (N-methyl/N-ethyl adjacent to an activating group) is 1. The van der Waals surface area contributed by atoms with Crippen molar-refractivity contribution in [1.29, 1.82) is 0 Å². The molecule has 0 aliphatic carbocycles. The fourth-order valence-corrected chi connectivity index (χ4v) is 2.68. The summed E-state index contributed by atoms with van der Waals surface area (Å²) < 4.78 is 81.6. The van der Waals surface area contributed by atoms with Crippen LogP contribution >= 0.6 is 0 Å². The van der Waals surface area contributed by atoms with E-state index in [-0.39, 0.29) is 11.4 Å². The van der Waals surface area contributed by atoms with E-state index in [1.54, 1.807) is 0 Å². The molecule has 3 atom stereocenters. The molecule has 1 heterocycles. The van der Waals surface area contributed by atoms with Gasteiger partial charge in [0.2, 0.25) is 11.8 Å². The number of amides is 3. The quantitative estimate of drug-likeness (QED) is 0.525. The summed E-state index contributed by atoms with van der Waals surface area (Å²) in [6.07, 6.45) is -6.85. The molecule has 0 saturated carbocycles. The summed E-state index contributed by atoms with van der Waals surface area (Å²) in [6.45, 7) is 0.346. The van der Waals surface area contributed by atoms with Gasteiger partial charge in [-0.05, 0) is 26.0 Å². The molecule has 0 aromatic heterocycles. The Balaban J connectivity index is 2.08. The van der Waals surface area contributed by atoms with Crippen LogP contribution < -0.4 is 20.3 Å². The van der Waals surface area contributed by atoms with Gasteiger partial charge in [0.1, 0.15) is 29.6 Å². The van der Waals surface area contributed by atoms with Gasteiger partial charge >= 0.3 is 12.1 Å². The zero-order chi connectivity index (χ0) is 23.7. The van der Waals surface area contributed by atoms with Crippen LogP contribution in [0, 0.1) is 11.7 Å². The second-order valence-electron chi connectivity index (χ2n) is 6.96. The molecule has 2 rings (SSSR count). The number of halogens is 6. The number of fused-ring (bicyclic) bond motifs is 1. The molecule has 13 heteroatoms. The molecule has 172 valence electrons. The second-order valence-corrected chi connectivity index (χ2v) is 6.96. The van der Waals surface area contributed by atoms with Gasteiger partial charge in [0.05, 0.1) is 12.2 Å². The van der Waals surface area contributed by atoms with Gasteiger partial charge in [-0.1, -0.05) is 0 Å². The standard InChI is InChI=1S/C18H19F6N3O4/c1-8(14(28)25-7-17(20,21)18(22,23)24)15(29)26-13-9(2)31-12-5-4-10(19)6-11(12)27(3)16(13)30/h4-6,8-9,13H,7H2,1-3H3,(H,25,28)(H,26,29)/t8?,9-,13+/m1/s1. The smallest absolute Gasteiger partial charge is 0.455 e. The van der Waals surface area contributed by atoms with E-state index < -0.39 is 60.2 Å². The number of carbonyl (C=O) groups is 3. The van der Waals surface area contributed by atoms with Crippen molar-refractivity contribution in [3.8, 4) is 5.75 Å². The van der Waals surface area contributed by atoms with E-state index in [0.29, 0.717) is 0 Å². The van der Waals surface area contributed by atoms with Gasteiger partial charge in [-0.3, -0.25) is 14.4 Å². The van der Waals surface area contributed by atoms with Gasteiger partial charge in [-0.2, -0.15) is 22.0 Å². The topological polar surface area (TPSA) is 87.7 Å². The molecule has 0 bridgehead atoms. The largest absolute Gasteiger partial charge is 0.486 e. The van der Waals surface area contributed by atoms with Crippen molar-refractivity contribution in [2.24, 2.45) is 5.92 Å². The molecule has 3 amide bonds. The number of alkyl halides is 5. The van der Waals surface area contributed by atoms with Crippen LogP contribution in [0.25, 0.3) is 0 Å². The van der Waals surface area contributed by atoms with Gasteiger partial charge in [-0.25, -0.2) is 4.39 Å². The highest BCUT2D eigenvalue weighted by atomic mass is 19.4. The normalized spacial score (nSPS) is 20.3. The summed E-state index contributed by atoms with van der Waals surface area (Å²) in [5, 5.41) is 3.60. The number of nitrogens with one attached hydrogen (secondary N) is 2. The van der Waals surface area contributed by atoms with E-state index >= 15 is 0 Å². The van der Waals surface area contributed by atoms with E-state index in [0.717, 1.165) is 24.0 Å². The molecule has 0 spiro atoms. The molecule has 1 aliphatic rings. The Hall–Kier alpha value is -2.99. The summed E-state index contributed by atoms with van der Waals surface area (Å²) in [6, 6.07) is 2.08. The van der Waals surface area contributed by atoms with Crippen molar-refractivity contribution in [3.63, 3.8) is 0 Å². The van der Waals surface area contributed by atoms with Crippen LogP contribution in [0.4, 0.5) is 32.0 Å². The molecular formula is C18H19F6N3O4. The first-order valence-electron chi connectivity index (χ1n) is 8.92. The van der Waals surface area contributed by atoms with Crippen LogP contribution in [0.1, 0.15) is 13.8 Å². The molecule has 1 unspecified atom stereocenters. The lowest BCUT2D eigenvalue weighted by Crippen LogP contribution is -2.56. The first-order chi connectivity index (χ1) is 14.2. The van der Waals surface area contributed by atoms with Gasteiger partial charge in [0.25, 0.3) is 5.91 Å². The van der Waals surface area contributed by atoms with Gasteiger partial charge < -0.3 is 20.3 Å². The maximum Gasteiger partial charge on any atom is 0.455 e. The third kappa shape index (κ3) is 5.20. The molecular weight excluding hydrogens is 436 g/mol. The van der Waals surface area contributed by atoms with Crippen LogP contribution in [-0.4, -0.2) is 55.6 Å². The number of benzene rings is 1. The van der Waals surface area contributed by atoms with E-state index in [9.17, 15) is 40.7 Å². The Labute approximate surface area is 172 Å². The van der Waals surface area contributed by atoms with Crippen molar-refractivity contribution >= 4 is 23.4 Å². The molecule has 1 aromatic rings. The SMILES string of the molecule is CC(C(=O)NCC(F)(F)C(F)(F)F)C(=O)N[C@@H]1C(=O)N(C)c2cc(F)ccc2O[C@@H]1C. The van der Waals surface area contributed by atoms with Crippen LogP contribution in [0.15, 0.2) is 18.2 Å².